The van der Waals surface area contributed by atoms with E-state index < -0.39 is 0 Å². The van der Waals surface area contributed by atoms with Crippen molar-refractivity contribution in [1.82, 2.24) is 15.6 Å². The van der Waals surface area contributed by atoms with Gasteiger partial charge in [-0.3, -0.25) is 9.78 Å². The number of rotatable bonds is 5. The first-order valence-electron chi connectivity index (χ1n) is 5.50. The predicted octanol–water partition coefficient (Wildman–Crippen LogP) is 1.00. The molecule has 0 aromatic carbocycles. The largest absolute Gasteiger partial charge is 0.349 e. The highest BCUT2D eigenvalue weighted by Gasteiger charge is 2.02. The van der Waals surface area contributed by atoms with Crippen molar-refractivity contribution >= 4 is 5.91 Å². The number of nitrogens with one attached hydrogen (secondary N) is 2. The Kier molecular flexibility index (Phi) is 4.92. The summed E-state index contributed by atoms with van der Waals surface area (Å²) in [5.74, 6) is -0.00277. The molecule has 0 fully saturated rings. The average molecular weight is 221 g/mol. The molecule has 1 aromatic heterocycles. The van der Waals surface area contributed by atoms with E-state index in [0.717, 1.165) is 11.4 Å². The molecule has 0 saturated carbocycles. The first-order valence-corrected chi connectivity index (χ1v) is 5.50. The lowest BCUT2D eigenvalue weighted by Gasteiger charge is -2.08. The van der Waals surface area contributed by atoms with E-state index in [1.54, 1.807) is 0 Å². The molecule has 0 radical (unpaired) electrons. The average Bonchev–Trinajstić information content (AvgIpc) is 2.23. The number of aromatic nitrogens is 1. The van der Waals surface area contributed by atoms with Crippen molar-refractivity contribution in [2.75, 3.05) is 6.54 Å². The molecule has 2 N–H and O–H groups in total. The van der Waals surface area contributed by atoms with E-state index in [0.29, 0.717) is 19.1 Å². The Balaban J connectivity index is 2.31. The van der Waals surface area contributed by atoms with Crippen LogP contribution in [0, 0.1) is 6.92 Å². The van der Waals surface area contributed by atoms with Crippen LogP contribution in [0.1, 0.15) is 25.2 Å². The van der Waals surface area contributed by atoms with Gasteiger partial charge in [-0.05, 0) is 19.1 Å². The van der Waals surface area contributed by atoms with Crippen LogP contribution in [0.2, 0.25) is 0 Å². The van der Waals surface area contributed by atoms with E-state index >= 15 is 0 Å². The molecule has 0 aliphatic rings. The highest BCUT2D eigenvalue weighted by Crippen LogP contribution is 1.96. The number of aryl methyl sites for hydroxylation is 1. The van der Waals surface area contributed by atoms with Gasteiger partial charge in [-0.2, -0.15) is 0 Å². The lowest BCUT2D eigenvalue weighted by atomic mass is 10.3. The van der Waals surface area contributed by atoms with Crippen LogP contribution in [-0.2, 0) is 11.3 Å². The predicted molar refractivity (Wildman–Crippen MR) is 64.0 cm³/mol. The Morgan fingerprint density at radius 1 is 1.44 bits per heavy atom. The minimum Gasteiger partial charge on any atom is -0.349 e. The van der Waals surface area contributed by atoms with E-state index in [9.17, 15) is 4.79 Å². The van der Waals surface area contributed by atoms with Crippen molar-refractivity contribution in [2.45, 2.75) is 33.4 Å². The maximum absolute atomic E-state index is 11.4. The van der Waals surface area contributed by atoms with Gasteiger partial charge in [-0.1, -0.05) is 19.9 Å². The molecule has 0 aliphatic carbocycles. The Bertz CT molecular complexity index is 350. The van der Waals surface area contributed by atoms with E-state index in [1.807, 2.05) is 39.0 Å². The minimum atomic E-state index is -0.00277. The summed E-state index contributed by atoms with van der Waals surface area (Å²) in [5, 5.41) is 5.88. The number of carbonyl (C=O) groups excluding carboxylic acids is 1. The normalized spacial score (nSPS) is 10.5. The molecule has 0 atom stereocenters. The molecule has 16 heavy (non-hydrogen) atoms. The van der Waals surface area contributed by atoms with Crippen LogP contribution in [0.5, 0.6) is 0 Å². The second-order valence-electron chi connectivity index (χ2n) is 4.08. The zero-order valence-electron chi connectivity index (χ0n) is 10.1. The fourth-order valence-electron chi connectivity index (χ4n) is 1.25. The highest BCUT2D eigenvalue weighted by molar-refractivity contribution is 5.77. The second kappa shape index (κ2) is 6.23. The van der Waals surface area contributed by atoms with Gasteiger partial charge in [-0.25, -0.2) is 0 Å². The number of hydrogen-bond acceptors (Lipinski definition) is 3. The van der Waals surface area contributed by atoms with Crippen molar-refractivity contribution in [3.05, 3.63) is 29.6 Å². The molecule has 4 heteroatoms. The van der Waals surface area contributed by atoms with Gasteiger partial charge in [-0.15, -0.1) is 0 Å². The van der Waals surface area contributed by atoms with E-state index in [1.165, 1.54) is 0 Å². The van der Waals surface area contributed by atoms with Crippen LogP contribution >= 0.6 is 0 Å². The third kappa shape index (κ3) is 4.89. The van der Waals surface area contributed by atoms with Crippen molar-refractivity contribution in [1.29, 1.82) is 0 Å². The first-order chi connectivity index (χ1) is 7.58. The molecule has 0 saturated heterocycles. The van der Waals surface area contributed by atoms with Crippen LogP contribution in [0.15, 0.2) is 18.2 Å². The zero-order chi connectivity index (χ0) is 12.0. The molecule has 1 aromatic rings. The Morgan fingerprint density at radius 3 is 2.81 bits per heavy atom. The first kappa shape index (κ1) is 12.6. The molecule has 0 bridgehead atoms. The summed E-state index contributed by atoms with van der Waals surface area (Å²) in [7, 11) is 0. The third-order valence-electron chi connectivity index (χ3n) is 2.08. The maximum atomic E-state index is 11.4. The standard InChI is InChI=1S/C12H19N3O/c1-9(2)13-8-12(16)14-7-11-6-4-5-10(3)15-11/h4-6,9,13H,7-8H2,1-3H3,(H,14,16). The molecule has 1 heterocycles. The molecule has 4 nitrogen and oxygen atoms in total. The lowest BCUT2D eigenvalue weighted by Crippen LogP contribution is -2.36. The number of carbonyl (C=O) groups is 1. The van der Waals surface area contributed by atoms with Crippen LogP contribution in [-0.4, -0.2) is 23.5 Å². The summed E-state index contributed by atoms with van der Waals surface area (Å²) in [6.07, 6.45) is 0. The highest BCUT2D eigenvalue weighted by atomic mass is 16.1. The maximum Gasteiger partial charge on any atom is 0.234 e. The number of nitrogens with zero attached hydrogens (tertiary/aromatic N) is 1. The van der Waals surface area contributed by atoms with Gasteiger partial charge in [0.25, 0.3) is 0 Å². The molecule has 0 aliphatic heterocycles. The Morgan fingerprint density at radius 2 is 2.19 bits per heavy atom. The lowest BCUT2D eigenvalue weighted by molar-refractivity contribution is -0.120. The third-order valence-corrected chi connectivity index (χ3v) is 2.08. The van der Waals surface area contributed by atoms with Gasteiger partial charge < -0.3 is 10.6 Å². The molecule has 0 spiro atoms. The summed E-state index contributed by atoms with van der Waals surface area (Å²) in [6, 6.07) is 6.10. The second-order valence-corrected chi connectivity index (χ2v) is 4.08. The SMILES string of the molecule is Cc1cccc(CNC(=O)CNC(C)C)n1. The topological polar surface area (TPSA) is 54.0 Å². The van der Waals surface area contributed by atoms with E-state index in [2.05, 4.69) is 15.6 Å². The summed E-state index contributed by atoms with van der Waals surface area (Å²) in [4.78, 5) is 15.7. The fraction of sp³-hybridized carbons (Fsp3) is 0.500. The molecule has 1 rings (SSSR count). The molecule has 0 unspecified atom stereocenters. The van der Waals surface area contributed by atoms with Crippen molar-refractivity contribution in [3.63, 3.8) is 0 Å². The van der Waals surface area contributed by atoms with Crippen molar-refractivity contribution in [3.8, 4) is 0 Å². The molecule has 1 amide bonds. The van der Waals surface area contributed by atoms with Gasteiger partial charge in [0.15, 0.2) is 0 Å². The van der Waals surface area contributed by atoms with Crippen molar-refractivity contribution in [2.24, 2.45) is 0 Å². The van der Waals surface area contributed by atoms with Crippen LogP contribution in [0.3, 0.4) is 0 Å². The van der Waals surface area contributed by atoms with E-state index in [4.69, 9.17) is 0 Å². The van der Waals surface area contributed by atoms with Gasteiger partial charge >= 0.3 is 0 Å². The van der Waals surface area contributed by atoms with Crippen LogP contribution < -0.4 is 10.6 Å². The zero-order valence-corrected chi connectivity index (χ0v) is 10.1. The number of hydrogen-bond donors (Lipinski definition) is 2. The summed E-state index contributed by atoms with van der Waals surface area (Å²) >= 11 is 0. The Hall–Kier alpha value is -1.42. The number of amides is 1. The Labute approximate surface area is 96.5 Å². The summed E-state index contributed by atoms with van der Waals surface area (Å²) < 4.78 is 0. The van der Waals surface area contributed by atoms with Gasteiger partial charge in [0.05, 0.1) is 18.8 Å². The number of pyridine rings is 1. The molecular weight excluding hydrogens is 202 g/mol. The fourth-order valence-corrected chi connectivity index (χ4v) is 1.25. The minimum absolute atomic E-state index is 0.00277. The van der Waals surface area contributed by atoms with Gasteiger partial charge in [0.1, 0.15) is 0 Å². The van der Waals surface area contributed by atoms with Crippen LogP contribution in [0.4, 0.5) is 0 Å². The monoisotopic (exact) mass is 221 g/mol. The summed E-state index contributed by atoms with van der Waals surface area (Å²) in [6.45, 7) is 6.79. The quantitative estimate of drug-likeness (QED) is 0.780. The van der Waals surface area contributed by atoms with Gasteiger partial charge in [0, 0.05) is 11.7 Å². The molecular formula is C12H19N3O. The summed E-state index contributed by atoms with van der Waals surface area (Å²) in [5.41, 5.74) is 1.85. The van der Waals surface area contributed by atoms with E-state index in [-0.39, 0.29) is 5.91 Å². The van der Waals surface area contributed by atoms with Crippen molar-refractivity contribution < 1.29 is 4.79 Å². The molecule has 88 valence electrons. The smallest absolute Gasteiger partial charge is 0.234 e. The van der Waals surface area contributed by atoms with Gasteiger partial charge in [0.2, 0.25) is 5.91 Å². The van der Waals surface area contributed by atoms with Crippen LogP contribution in [0.25, 0.3) is 0 Å².